The summed E-state index contributed by atoms with van der Waals surface area (Å²) in [6.45, 7) is 7.29. The summed E-state index contributed by atoms with van der Waals surface area (Å²) in [6.07, 6.45) is 1.86. The normalized spacial score (nSPS) is 12.4. The van der Waals surface area contributed by atoms with Gasteiger partial charge in [-0.3, -0.25) is 4.98 Å². The highest BCUT2D eigenvalue weighted by Crippen LogP contribution is 2.23. The second-order valence-electron chi connectivity index (χ2n) is 4.61. The Bertz CT molecular complexity index is 520. The van der Waals surface area contributed by atoms with Gasteiger partial charge in [0.1, 0.15) is 0 Å². The summed E-state index contributed by atoms with van der Waals surface area (Å²) >= 11 is 0. The fourth-order valence-corrected chi connectivity index (χ4v) is 2.23. The molecule has 0 fully saturated rings. The molecule has 0 saturated heterocycles. The minimum Gasteiger partial charge on any atom is -0.305 e. The second kappa shape index (κ2) is 5.78. The van der Waals surface area contributed by atoms with Crippen LogP contribution in [0.4, 0.5) is 0 Å². The highest BCUT2D eigenvalue weighted by Gasteiger charge is 2.16. The van der Waals surface area contributed by atoms with Crippen LogP contribution in [0.5, 0.6) is 0 Å². The predicted octanol–water partition coefficient (Wildman–Crippen LogP) is 3.40. The lowest BCUT2D eigenvalue weighted by atomic mass is 9.98. The molecular formula is C16H20N2. The van der Waals surface area contributed by atoms with E-state index in [-0.39, 0.29) is 6.04 Å². The lowest BCUT2D eigenvalue weighted by Gasteiger charge is -2.20. The van der Waals surface area contributed by atoms with Gasteiger partial charge in [0, 0.05) is 6.20 Å². The van der Waals surface area contributed by atoms with Crippen LogP contribution in [0.15, 0.2) is 42.6 Å². The van der Waals surface area contributed by atoms with E-state index in [1.54, 1.807) is 0 Å². The van der Waals surface area contributed by atoms with Gasteiger partial charge < -0.3 is 5.32 Å². The van der Waals surface area contributed by atoms with Crippen molar-refractivity contribution in [2.75, 3.05) is 6.54 Å². The average Bonchev–Trinajstić information content (AvgIpc) is 2.37. The summed E-state index contributed by atoms with van der Waals surface area (Å²) in [5.74, 6) is 0. The summed E-state index contributed by atoms with van der Waals surface area (Å²) in [6, 6.07) is 12.9. The third kappa shape index (κ3) is 2.77. The smallest absolute Gasteiger partial charge is 0.0754 e. The average molecular weight is 240 g/mol. The molecule has 0 aliphatic rings. The van der Waals surface area contributed by atoms with E-state index >= 15 is 0 Å². The van der Waals surface area contributed by atoms with Crippen LogP contribution < -0.4 is 5.32 Å². The number of hydrogen-bond acceptors (Lipinski definition) is 2. The van der Waals surface area contributed by atoms with Gasteiger partial charge in [-0.15, -0.1) is 0 Å². The van der Waals surface area contributed by atoms with Crippen molar-refractivity contribution in [2.24, 2.45) is 0 Å². The molecular weight excluding hydrogens is 220 g/mol. The van der Waals surface area contributed by atoms with Crippen molar-refractivity contribution < 1.29 is 0 Å². The number of benzene rings is 1. The van der Waals surface area contributed by atoms with Gasteiger partial charge in [0.2, 0.25) is 0 Å². The van der Waals surface area contributed by atoms with Gasteiger partial charge in [-0.25, -0.2) is 0 Å². The van der Waals surface area contributed by atoms with Crippen LogP contribution in [-0.4, -0.2) is 11.5 Å². The molecule has 94 valence electrons. The molecule has 2 aromatic rings. The number of aryl methyl sites for hydroxylation is 2. The zero-order valence-corrected chi connectivity index (χ0v) is 11.3. The van der Waals surface area contributed by atoms with Gasteiger partial charge >= 0.3 is 0 Å². The van der Waals surface area contributed by atoms with Gasteiger partial charge in [-0.2, -0.15) is 0 Å². The molecule has 0 saturated carbocycles. The van der Waals surface area contributed by atoms with Gasteiger partial charge in [-0.1, -0.05) is 42.8 Å². The predicted molar refractivity (Wildman–Crippen MR) is 75.7 cm³/mol. The van der Waals surface area contributed by atoms with E-state index in [9.17, 15) is 0 Å². The fraction of sp³-hybridized carbons (Fsp3) is 0.312. The lowest BCUT2D eigenvalue weighted by molar-refractivity contribution is 0.611. The standard InChI is InChI=1S/C16H20N2/c1-4-17-16(14-9-5-7-12(2)11-14)15-13(3)8-6-10-18-15/h5-11,16-17H,4H2,1-3H3. The van der Waals surface area contributed by atoms with Crippen molar-refractivity contribution in [3.05, 3.63) is 65.0 Å². The Balaban J connectivity index is 2.43. The summed E-state index contributed by atoms with van der Waals surface area (Å²) in [4.78, 5) is 4.54. The maximum atomic E-state index is 4.54. The van der Waals surface area contributed by atoms with E-state index in [2.05, 4.69) is 61.4 Å². The van der Waals surface area contributed by atoms with E-state index < -0.39 is 0 Å². The first kappa shape index (κ1) is 12.8. The van der Waals surface area contributed by atoms with Crippen molar-refractivity contribution in [3.8, 4) is 0 Å². The molecule has 1 atom stereocenters. The van der Waals surface area contributed by atoms with Crippen LogP contribution in [0.25, 0.3) is 0 Å². The molecule has 1 unspecified atom stereocenters. The third-order valence-electron chi connectivity index (χ3n) is 3.11. The van der Waals surface area contributed by atoms with E-state index in [4.69, 9.17) is 0 Å². The Morgan fingerprint density at radius 1 is 1.17 bits per heavy atom. The summed E-state index contributed by atoms with van der Waals surface area (Å²) in [7, 11) is 0. The Morgan fingerprint density at radius 3 is 2.67 bits per heavy atom. The Hall–Kier alpha value is -1.67. The zero-order valence-electron chi connectivity index (χ0n) is 11.3. The van der Waals surface area contributed by atoms with Crippen molar-refractivity contribution in [1.82, 2.24) is 10.3 Å². The van der Waals surface area contributed by atoms with E-state index in [0.29, 0.717) is 0 Å². The van der Waals surface area contributed by atoms with Crippen LogP contribution in [-0.2, 0) is 0 Å². The first-order chi connectivity index (χ1) is 8.72. The second-order valence-corrected chi connectivity index (χ2v) is 4.61. The van der Waals surface area contributed by atoms with Crippen LogP contribution in [0, 0.1) is 13.8 Å². The number of aromatic nitrogens is 1. The topological polar surface area (TPSA) is 24.9 Å². The monoisotopic (exact) mass is 240 g/mol. The Labute approximate surface area is 109 Å². The first-order valence-electron chi connectivity index (χ1n) is 6.44. The molecule has 0 amide bonds. The zero-order chi connectivity index (χ0) is 13.0. The molecule has 1 aromatic carbocycles. The molecule has 2 rings (SSSR count). The molecule has 0 bridgehead atoms. The van der Waals surface area contributed by atoms with E-state index in [1.807, 2.05) is 12.3 Å². The molecule has 0 radical (unpaired) electrons. The quantitative estimate of drug-likeness (QED) is 0.886. The van der Waals surface area contributed by atoms with Gasteiger partial charge in [0.15, 0.2) is 0 Å². The number of pyridine rings is 1. The van der Waals surface area contributed by atoms with Gasteiger partial charge in [0.25, 0.3) is 0 Å². The Kier molecular flexibility index (Phi) is 4.11. The highest BCUT2D eigenvalue weighted by molar-refractivity contribution is 5.34. The number of hydrogen-bond donors (Lipinski definition) is 1. The van der Waals surface area contributed by atoms with Gasteiger partial charge in [-0.05, 0) is 37.6 Å². The Morgan fingerprint density at radius 2 is 2.00 bits per heavy atom. The maximum Gasteiger partial charge on any atom is 0.0754 e. The largest absolute Gasteiger partial charge is 0.305 e. The van der Waals surface area contributed by atoms with Crippen LogP contribution in [0.2, 0.25) is 0 Å². The lowest BCUT2D eigenvalue weighted by Crippen LogP contribution is -2.23. The minimum absolute atomic E-state index is 0.177. The molecule has 0 aliphatic heterocycles. The molecule has 18 heavy (non-hydrogen) atoms. The summed E-state index contributed by atoms with van der Waals surface area (Å²) in [5, 5.41) is 3.52. The van der Waals surface area contributed by atoms with Crippen LogP contribution in [0.1, 0.15) is 35.3 Å². The van der Waals surface area contributed by atoms with E-state index in [1.165, 1.54) is 16.7 Å². The summed E-state index contributed by atoms with van der Waals surface area (Å²) < 4.78 is 0. The molecule has 1 N–H and O–H groups in total. The van der Waals surface area contributed by atoms with Gasteiger partial charge in [0.05, 0.1) is 11.7 Å². The number of rotatable bonds is 4. The van der Waals surface area contributed by atoms with Crippen molar-refractivity contribution >= 4 is 0 Å². The van der Waals surface area contributed by atoms with Crippen molar-refractivity contribution in [3.63, 3.8) is 0 Å². The molecule has 0 spiro atoms. The number of nitrogens with zero attached hydrogens (tertiary/aromatic N) is 1. The van der Waals surface area contributed by atoms with Crippen LogP contribution >= 0.6 is 0 Å². The first-order valence-corrected chi connectivity index (χ1v) is 6.44. The molecule has 1 heterocycles. The van der Waals surface area contributed by atoms with Crippen LogP contribution in [0.3, 0.4) is 0 Å². The minimum atomic E-state index is 0.177. The number of nitrogens with one attached hydrogen (secondary N) is 1. The van der Waals surface area contributed by atoms with E-state index in [0.717, 1.165) is 12.2 Å². The molecule has 2 nitrogen and oxygen atoms in total. The molecule has 0 aliphatic carbocycles. The molecule has 2 heteroatoms. The van der Waals surface area contributed by atoms with Crippen molar-refractivity contribution in [2.45, 2.75) is 26.8 Å². The third-order valence-corrected chi connectivity index (χ3v) is 3.11. The SMILES string of the molecule is CCNC(c1cccc(C)c1)c1ncccc1C. The summed E-state index contributed by atoms with van der Waals surface area (Å²) in [5.41, 5.74) is 4.90. The maximum absolute atomic E-state index is 4.54. The highest BCUT2D eigenvalue weighted by atomic mass is 14.9. The van der Waals surface area contributed by atoms with Crippen molar-refractivity contribution in [1.29, 1.82) is 0 Å². The fourth-order valence-electron chi connectivity index (χ4n) is 2.23. The molecule has 1 aromatic heterocycles.